The topological polar surface area (TPSA) is 87.8 Å². The minimum atomic E-state index is 0.135. The van der Waals surface area contributed by atoms with Gasteiger partial charge in [0.05, 0.1) is 24.0 Å². The molecule has 3 rings (SSSR count). The number of anilines is 1. The van der Waals surface area contributed by atoms with Crippen molar-refractivity contribution < 1.29 is 4.74 Å². The Morgan fingerprint density at radius 3 is 2.64 bits per heavy atom. The van der Waals surface area contributed by atoms with Gasteiger partial charge in [0, 0.05) is 25.4 Å². The van der Waals surface area contributed by atoms with Crippen molar-refractivity contribution >= 4 is 17.5 Å². The molecule has 1 fully saturated rings. The lowest BCUT2D eigenvalue weighted by Gasteiger charge is -2.37. The zero-order valence-electron chi connectivity index (χ0n) is 16.3. The van der Waals surface area contributed by atoms with Crippen molar-refractivity contribution in [3.05, 3.63) is 35.5 Å². The molecule has 7 nitrogen and oxygen atoms in total. The van der Waals surface area contributed by atoms with Gasteiger partial charge in [-0.1, -0.05) is 25.4 Å². The average molecular weight is 401 g/mol. The van der Waals surface area contributed by atoms with Gasteiger partial charge in [-0.25, -0.2) is 15.0 Å². The Morgan fingerprint density at radius 1 is 1.25 bits per heavy atom. The van der Waals surface area contributed by atoms with E-state index in [1.165, 1.54) is 0 Å². The molecule has 1 aliphatic heterocycles. The van der Waals surface area contributed by atoms with Gasteiger partial charge in [-0.2, -0.15) is 10.2 Å². The lowest BCUT2D eigenvalue weighted by molar-refractivity contribution is 0.184. The summed E-state index contributed by atoms with van der Waals surface area (Å²) in [6, 6.07) is 3.61. The number of nitrogens with zero attached hydrogens (tertiary/aromatic N) is 6. The van der Waals surface area contributed by atoms with Crippen LogP contribution in [0.4, 0.5) is 5.95 Å². The van der Waals surface area contributed by atoms with E-state index in [4.69, 9.17) is 21.6 Å². The molecule has 0 bridgehead atoms. The summed E-state index contributed by atoms with van der Waals surface area (Å²) in [5.41, 5.74) is 0. The third-order valence-corrected chi connectivity index (χ3v) is 5.82. The number of halogens is 1. The van der Waals surface area contributed by atoms with Crippen molar-refractivity contribution in [2.24, 2.45) is 17.8 Å². The normalized spacial score (nSPS) is 17.0. The summed E-state index contributed by atoms with van der Waals surface area (Å²) in [7, 11) is 0. The summed E-state index contributed by atoms with van der Waals surface area (Å²) < 4.78 is 5.70. The van der Waals surface area contributed by atoms with Gasteiger partial charge in [-0.3, -0.25) is 0 Å². The highest BCUT2D eigenvalue weighted by Gasteiger charge is 2.28. The van der Waals surface area contributed by atoms with Crippen LogP contribution in [-0.2, 0) is 0 Å². The lowest BCUT2D eigenvalue weighted by atomic mass is 9.77. The number of piperidine rings is 1. The number of nitriles is 1. The van der Waals surface area contributed by atoms with Crippen molar-refractivity contribution in [3.63, 3.8) is 0 Å². The van der Waals surface area contributed by atoms with Gasteiger partial charge in [0.2, 0.25) is 17.7 Å². The van der Waals surface area contributed by atoms with Crippen molar-refractivity contribution in [3.8, 4) is 11.9 Å². The molecular weight excluding hydrogens is 376 g/mol. The lowest BCUT2D eigenvalue weighted by Crippen LogP contribution is -2.37. The maximum absolute atomic E-state index is 8.85. The fourth-order valence-corrected chi connectivity index (χ4v) is 3.74. The van der Waals surface area contributed by atoms with Gasteiger partial charge in [0.1, 0.15) is 6.07 Å². The maximum atomic E-state index is 8.85. The molecule has 0 saturated carbocycles. The minimum absolute atomic E-state index is 0.135. The number of hydrogen-bond acceptors (Lipinski definition) is 7. The van der Waals surface area contributed by atoms with Crippen LogP contribution in [0.5, 0.6) is 5.88 Å². The summed E-state index contributed by atoms with van der Waals surface area (Å²) in [5, 5.41) is 9.41. The zero-order valence-corrected chi connectivity index (χ0v) is 17.0. The Bertz CT molecular complexity index is 801. The molecule has 0 amide bonds. The van der Waals surface area contributed by atoms with E-state index in [1.807, 2.05) is 6.07 Å². The molecule has 148 valence electrons. The van der Waals surface area contributed by atoms with Crippen LogP contribution in [0.15, 0.2) is 24.7 Å². The number of aromatic nitrogens is 4. The Labute approximate surface area is 170 Å². The van der Waals surface area contributed by atoms with E-state index in [1.54, 1.807) is 24.7 Å². The predicted octanol–water partition coefficient (Wildman–Crippen LogP) is 3.75. The molecule has 0 aliphatic carbocycles. The Hall–Kier alpha value is -2.46. The minimum Gasteiger partial charge on any atom is -0.478 e. The smallest absolute Gasteiger partial charge is 0.235 e. The van der Waals surface area contributed by atoms with E-state index in [0.717, 1.165) is 38.3 Å². The molecule has 1 saturated heterocycles. The summed E-state index contributed by atoms with van der Waals surface area (Å²) in [6.45, 7) is 7.14. The van der Waals surface area contributed by atoms with Gasteiger partial charge in [-0.05, 0) is 37.0 Å². The standard InChI is InChI=1S/C20H25ClN6O/c1-14(6-10-28-19-3-7-23-18(11-22)26-19)15(2)16-4-8-27(9-5-16)20-24-12-17(21)13-25-20/h3,7,12-16H,4-6,8-10H2,1-2H3. The molecule has 2 aromatic rings. The van der Waals surface area contributed by atoms with E-state index in [-0.39, 0.29) is 5.82 Å². The molecule has 0 spiro atoms. The highest BCUT2D eigenvalue weighted by atomic mass is 35.5. The Kier molecular flexibility index (Phi) is 6.99. The van der Waals surface area contributed by atoms with Crippen LogP contribution < -0.4 is 9.64 Å². The fraction of sp³-hybridized carbons (Fsp3) is 0.550. The first kappa shape index (κ1) is 20.3. The molecule has 0 radical (unpaired) electrons. The summed E-state index contributed by atoms with van der Waals surface area (Å²) in [5.74, 6) is 3.19. The molecule has 3 heterocycles. The predicted molar refractivity (Wildman–Crippen MR) is 107 cm³/mol. The second kappa shape index (κ2) is 9.65. The molecule has 1 aliphatic rings. The van der Waals surface area contributed by atoms with Crippen LogP contribution in [0.2, 0.25) is 5.02 Å². The maximum Gasteiger partial charge on any atom is 0.235 e. The van der Waals surface area contributed by atoms with Crippen molar-refractivity contribution in [2.45, 2.75) is 33.1 Å². The van der Waals surface area contributed by atoms with Crippen LogP contribution in [0.3, 0.4) is 0 Å². The van der Waals surface area contributed by atoms with E-state index >= 15 is 0 Å². The first-order chi connectivity index (χ1) is 13.6. The van der Waals surface area contributed by atoms with Crippen LogP contribution in [0.1, 0.15) is 38.9 Å². The van der Waals surface area contributed by atoms with E-state index in [9.17, 15) is 0 Å². The quantitative estimate of drug-likeness (QED) is 0.699. The number of hydrogen-bond donors (Lipinski definition) is 0. The monoisotopic (exact) mass is 400 g/mol. The van der Waals surface area contributed by atoms with Gasteiger partial charge in [0.25, 0.3) is 0 Å². The van der Waals surface area contributed by atoms with Crippen molar-refractivity contribution in [1.29, 1.82) is 5.26 Å². The van der Waals surface area contributed by atoms with Crippen molar-refractivity contribution in [2.75, 3.05) is 24.6 Å². The van der Waals surface area contributed by atoms with Gasteiger partial charge >= 0.3 is 0 Å². The van der Waals surface area contributed by atoms with Crippen molar-refractivity contribution in [1.82, 2.24) is 19.9 Å². The fourth-order valence-electron chi connectivity index (χ4n) is 3.65. The van der Waals surface area contributed by atoms with E-state index < -0.39 is 0 Å². The zero-order chi connectivity index (χ0) is 19.9. The molecule has 28 heavy (non-hydrogen) atoms. The Morgan fingerprint density at radius 2 is 1.96 bits per heavy atom. The van der Waals surface area contributed by atoms with E-state index in [2.05, 4.69) is 38.7 Å². The molecule has 0 N–H and O–H groups in total. The summed E-state index contributed by atoms with van der Waals surface area (Å²) in [4.78, 5) is 18.8. The van der Waals surface area contributed by atoms with Crippen LogP contribution >= 0.6 is 11.6 Å². The molecule has 2 unspecified atom stereocenters. The summed E-state index contributed by atoms with van der Waals surface area (Å²) in [6.07, 6.45) is 8.07. The largest absolute Gasteiger partial charge is 0.478 e. The highest BCUT2D eigenvalue weighted by Crippen LogP contribution is 2.32. The van der Waals surface area contributed by atoms with Gasteiger partial charge in [-0.15, -0.1) is 0 Å². The number of ether oxygens (including phenoxy) is 1. The number of rotatable bonds is 7. The molecule has 2 atom stereocenters. The third kappa shape index (κ3) is 5.29. The van der Waals surface area contributed by atoms with Gasteiger partial charge < -0.3 is 9.64 Å². The molecular formula is C20H25ClN6O. The average Bonchev–Trinajstić information content (AvgIpc) is 2.74. The third-order valence-electron chi connectivity index (χ3n) is 5.62. The van der Waals surface area contributed by atoms with Gasteiger partial charge in [0.15, 0.2) is 0 Å². The second-order valence-corrected chi connectivity index (χ2v) is 7.77. The summed E-state index contributed by atoms with van der Waals surface area (Å²) >= 11 is 5.87. The van der Waals surface area contributed by atoms with Crippen LogP contribution in [-0.4, -0.2) is 39.6 Å². The van der Waals surface area contributed by atoms with Crippen LogP contribution in [0.25, 0.3) is 0 Å². The van der Waals surface area contributed by atoms with E-state index in [0.29, 0.717) is 35.3 Å². The molecule has 2 aromatic heterocycles. The molecule has 8 heteroatoms. The van der Waals surface area contributed by atoms with Crippen LogP contribution in [0, 0.1) is 29.1 Å². The highest BCUT2D eigenvalue weighted by molar-refractivity contribution is 6.30. The first-order valence-electron chi connectivity index (χ1n) is 9.65. The first-order valence-corrected chi connectivity index (χ1v) is 10.0. The SMILES string of the molecule is CC(CCOc1ccnc(C#N)n1)C(C)C1CCN(c2ncc(Cl)cn2)CC1. The second-order valence-electron chi connectivity index (χ2n) is 7.33. The Balaban J connectivity index is 1.43. The molecule has 0 aromatic carbocycles.